The number of nitrogens with one attached hydrogen (secondary N) is 1. The van der Waals surface area contributed by atoms with Crippen LogP contribution >= 0.6 is 0 Å². The molecule has 3 heterocycles. The highest BCUT2D eigenvalue weighted by atomic mass is 32.2. The number of sulfonamides is 1. The number of fused-ring (bicyclic) bond motifs is 1. The number of imidazole rings is 1. The van der Waals surface area contributed by atoms with Gasteiger partial charge in [-0.3, -0.25) is 9.58 Å². The van der Waals surface area contributed by atoms with Crippen molar-refractivity contribution >= 4 is 10.0 Å². The lowest BCUT2D eigenvalue weighted by atomic mass is 10.1. The fraction of sp³-hybridized carbons (Fsp3) is 0.600. The van der Waals surface area contributed by atoms with Crippen LogP contribution in [0.25, 0.3) is 0 Å². The summed E-state index contributed by atoms with van der Waals surface area (Å²) in [6, 6.07) is 2.31. The predicted octanol–water partition coefficient (Wildman–Crippen LogP) is 0.421. The lowest BCUT2D eigenvalue weighted by molar-refractivity contribution is 0.168. The van der Waals surface area contributed by atoms with Crippen LogP contribution in [0.15, 0.2) is 18.6 Å². The first-order chi connectivity index (χ1) is 11.3. The largest absolute Gasteiger partial charge is 0.329 e. The third-order valence-corrected chi connectivity index (χ3v) is 5.05. The molecule has 24 heavy (non-hydrogen) atoms. The monoisotopic (exact) mass is 352 g/mol. The van der Waals surface area contributed by atoms with Crippen molar-refractivity contribution in [2.45, 2.75) is 32.5 Å². The molecule has 0 spiro atoms. The Kier molecular flexibility index (Phi) is 4.75. The van der Waals surface area contributed by atoms with Crippen LogP contribution in [0.3, 0.4) is 0 Å². The lowest BCUT2D eigenvalue weighted by Gasteiger charge is -2.34. The van der Waals surface area contributed by atoms with Crippen molar-refractivity contribution in [3.05, 3.63) is 35.7 Å². The maximum absolute atomic E-state index is 11.3. The van der Waals surface area contributed by atoms with Gasteiger partial charge in [0.15, 0.2) is 0 Å². The van der Waals surface area contributed by atoms with Crippen LogP contribution in [-0.4, -0.2) is 52.0 Å². The molecular formula is C15H24N6O2S. The summed E-state index contributed by atoms with van der Waals surface area (Å²) >= 11 is 0. The van der Waals surface area contributed by atoms with Gasteiger partial charge in [0.1, 0.15) is 0 Å². The summed E-state index contributed by atoms with van der Waals surface area (Å²) in [5.41, 5.74) is 3.35. The molecule has 8 nitrogen and oxygen atoms in total. The van der Waals surface area contributed by atoms with Gasteiger partial charge in [0.05, 0.1) is 29.7 Å². The van der Waals surface area contributed by atoms with Gasteiger partial charge in [-0.15, -0.1) is 0 Å². The topological polar surface area (TPSA) is 85.0 Å². The fourth-order valence-corrected chi connectivity index (χ4v) is 3.75. The molecule has 1 aliphatic heterocycles. The second kappa shape index (κ2) is 6.66. The van der Waals surface area contributed by atoms with E-state index in [0.717, 1.165) is 37.4 Å². The van der Waals surface area contributed by atoms with Crippen molar-refractivity contribution in [3.8, 4) is 0 Å². The molecule has 1 atom stereocenters. The van der Waals surface area contributed by atoms with E-state index in [0.29, 0.717) is 6.54 Å². The maximum Gasteiger partial charge on any atom is 0.208 e. The molecule has 1 aliphatic rings. The molecule has 9 heteroatoms. The van der Waals surface area contributed by atoms with E-state index >= 15 is 0 Å². The van der Waals surface area contributed by atoms with Crippen molar-refractivity contribution in [3.63, 3.8) is 0 Å². The Balaban J connectivity index is 1.70. The van der Waals surface area contributed by atoms with Gasteiger partial charge in [-0.05, 0) is 19.4 Å². The number of hydrogen-bond acceptors (Lipinski definition) is 5. The average molecular weight is 352 g/mol. The Hall–Kier alpha value is -1.71. The average Bonchev–Trinajstić information content (AvgIpc) is 3.04. The van der Waals surface area contributed by atoms with E-state index in [1.807, 2.05) is 31.2 Å². The standard InChI is InChI=1S/C15H24N6O2S/c1-12-6-14(19(2)18-12)9-20-8-13(4-5-17-24(3,22)23)21-11-16-7-15(21)10-20/h6-7,11,13,17H,4-5,8-10H2,1-3H3/t13-/m0/s1. The number of nitrogens with zero attached hydrogens (tertiary/aromatic N) is 5. The molecule has 132 valence electrons. The molecule has 2 aromatic heterocycles. The summed E-state index contributed by atoms with van der Waals surface area (Å²) in [6.45, 7) is 4.94. The molecule has 0 amide bonds. The summed E-state index contributed by atoms with van der Waals surface area (Å²) in [7, 11) is -1.19. The van der Waals surface area contributed by atoms with Gasteiger partial charge in [-0.1, -0.05) is 0 Å². The van der Waals surface area contributed by atoms with Gasteiger partial charge in [0.2, 0.25) is 10.0 Å². The van der Waals surface area contributed by atoms with Crippen LogP contribution in [0.2, 0.25) is 0 Å². The summed E-state index contributed by atoms with van der Waals surface area (Å²) < 4.78 is 29.2. The molecule has 0 bridgehead atoms. The SMILES string of the molecule is Cc1cc(CN2Cc3cncn3[C@@H](CCNS(C)(=O)=O)C2)n(C)n1. The highest BCUT2D eigenvalue weighted by molar-refractivity contribution is 7.88. The normalized spacial score (nSPS) is 18.7. The third-order valence-electron chi connectivity index (χ3n) is 4.32. The van der Waals surface area contributed by atoms with Crippen molar-refractivity contribution in [1.29, 1.82) is 0 Å². The van der Waals surface area contributed by atoms with Crippen LogP contribution < -0.4 is 4.72 Å². The molecule has 0 unspecified atom stereocenters. The van der Waals surface area contributed by atoms with Gasteiger partial charge < -0.3 is 4.57 Å². The molecule has 0 aromatic carbocycles. The minimum absolute atomic E-state index is 0.208. The van der Waals surface area contributed by atoms with Crippen LogP contribution in [0, 0.1) is 6.92 Å². The maximum atomic E-state index is 11.3. The number of aromatic nitrogens is 4. The zero-order valence-corrected chi connectivity index (χ0v) is 15.1. The fourth-order valence-electron chi connectivity index (χ4n) is 3.27. The van der Waals surface area contributed by atoms with Gasteiger partial charge in [0.25, 0.3) is 0 Å². The molecule has 0 fully saturated rings. The van der Waals surface area contributed by atoms with Gasteiger partial charge >= 0.3 is 0 Å². The Labute approximate surface area is 142 Å². The Morgan fingerprint density at radius 3 is 2.88 bits per heavy atom. The van der Waals surface area contributed by atoms with E-state index in [1.165, 1.54) is 11.9 Å². The highest BCUT2D eigenvalue weighted by Gasteiger charge is 2.25. The molecular weight excluding hydrogens is 328 g/mol. The first-order valence-electron chi connectivity index (χ1n) is 7.99. The Morgan fingerprint density at radius 1 is 1.42 bits per heavy atom. The Bertz CT molecular complexity index is 810. The second-order valence-electron chi connectivity index (χ2n) is 6.47. The minimum Gasteiger partial charge on any atom is -0.329 e. The summed E-state index contributed by atoms with van der Waals surface area (Å²) in [5, 5.41) is 4.40. The second-order valence-corrected chi connectivity index (χ2v) is 8.30. The molecule has 0 radical (unpaired) electrons. The molecule has 0 saturated heterocycles. The van der Waals surface area contributed by atoms with E-state index in [2.05, 4.69) is 30.3 Å². The smallest absolute Gasteiger partial charge is 0.208 e. The molecule has 0 aliphatic carbocycles. The number of aryl methyl sites for hydroxylation is 2. The van der Waals surface area contributed by atoms with Crippen LogP contribution in [0.1, 0.15) is 29.5 Å². The van der Waals surface area contributed by atoms with Crippen molar-refractivity contribution in [2.24, 2.45) is 7.05 Å². The Morgan fingerprint density at radius 2 is 2.21 bits per heavy atom. The third kappa shape index (κ3) is 4.03. The zero-order valence-electron chi connectivity index (χ0n) is 14.3. The zero-order chi connectivity index (χ0) is 17.3. The lowest BCUT2D eigenvalue weighted by Crippen LogP contribution is -2.38. The number of hydrogen-bond donors (Lipinski definition) is 1. The first-order valence-corrected chi connectivity index (χ1v) is 9.88. The van der Waals surface area contributed by atoms with Gasteiger partial charge in [0, 0.05) is 45.5 Å². The molecule has 2 aromatic rings. The highest BCUT2D eigenvalue weighted by Crippen LogP contribution is 2.24. The van der Waals surface area contributed by atoms with E-state index < -0.39 is 10.0 Å². The van der Waals surface area contributed by atoms with Crippen molar-refractivity contribution in [1.82, 2.24) is 29.0 Å². The molecule has 3 rings (SSSR count). The summed E-state index contributed by atoms with van der Waals surface area (Å²) in [5.74, 6) is 0. The van der Waals surface area contributed by atoms with E-state index in [4.69, 9.17) is 0 Å². The first kappa shape index (κ1) is 17.1. The van der Waals surface area contributed by atoms with E-state index in [-0.39, 0.29) is 6.04 Å². The van der Waals surface area contributed by atoms with Crippen molar-refractivity contribution in [2.75, 3.05) is 19.3 Å². The molecule has 1 N–H and O–H groups in total. The minimum atomic E-state index is -3.15. The van der Waals surface area contributed by atoms with Crippen molar-refractivity contribution < 1.29 is 8.42 Å². The van der Waals surface area contributed by atoms with Crippen LogP contribution in [0.5, 0.6) is 0 Å². The summed E-state index contributed by atoms with van der Waals surface area (Å²) in [6.07, 6.45) is 5.65. The van der Waals surface area contributed by atoms with E-state index in [1.54, 1.807) is 0 Å². The predicted molar refractivity (Wildman–Crippen MR) is 90.8 cm³/mol. The summed E-state index contributed by atoms with van der Waals surface area (Å²) in [4.78, 5) is 6.61. The van der Waals surface area contributed by atoms with Gasteiger partial charge in [-0.25, -0.2) is 18.1 Å². The van der Waals surface area contributed by atoms with E-state index in [9.17, 15) is 8.42 Å². The van der Waals surface area contributed by atoms with Crippen LogP contribution in [0.4, 0.5) is 0 Å². The number of rotatable bonds is 6. The van der Waals surface area contributed by atoms with Crippen LogP contribution in [-0.2, 0) is 30.2 Å². The van der Waals surface area contributed by atoms with Gasteiger partial charge in [-0.2, -0.15) is 5.10 Å². The molecule has 0 saturated carbocycles. The quantitative estimate of drug-likeness (QED) is 0.814.